The number of carbonyl (C=O) groups excluding carboxylic acids is 1. The van der Waals surface area contributed by atoms with Crippen molar-refractivity contribution in [3.8, 4) is 0 Å². The minimum atomic E-state index is -2.32. The Morgan fingerprint density at radius 1 is 0.325 bits per heavy atom. The molecule has 7 aliphatic rings. The minimum Gasteiger partial charge on any atom is -0.394 e. The van der Waals surface area contributed by atoms with E-state index in [4.69, 9.17) is 61.6 Å². The Kier molecular flexibility index (Phi) is 23.0. The minimum absolute atomic E-state index is 0.924. The summed E-state index contributed by atoms with van der Waals surface area (Å²) >= 11 is 0. The first kappa shape index (κ1) is 65.6. The molecule has 7 rings (SSSR count). The van der Waals surface area contributed by atoms with Crippen LogP contribution in [0.15, 0.2) is 0 Å². The lowest BCUT2D eigenvalue weighted by Crippen LogP contribution is -2.71. The smallest absolute Gasteiger partial charge is 0.217 e. The number of hydrogen-bond donors (Lipinski definition) is 22. The average Bonchev–Trinajstić information content (AvgIpc) is 3.43. The number of rotatable bonds is 19. The second-order valence-corrected chi connectivity index (χ2v) is 20.3. The van der Waals surface area contributed by atoms with Crippen molar-refractivity contribution < 1.29 is 174 Å². The Labute approximate surface area is 452 Å². The van der Waals surface area contributed by atoms with Gasteiger partial charge in [-0.15, -0.1) is 0 Å². The maximum absolute atomic E-state index is 13.0. The second-order valence-electron chi connectivity index (χ2n) is 20.3. The van der Waals surface area contributed by atoms with E-state index in [0.717, 1.165) is 6.92 Å². The number of nitrogens with one attached hydrogen (secondary N) is 1. The standard InChI is InChI=1S/C44H75NO35/c1-9-18(53)24(59)28(63)40(68-9)80-37-36(79-41-29(64)25(60)19(54)11(3-46)71-41)23(58)15(7-50)74-44(37)76-33-17(45-10(2)52)39(70-12(4-47)20(33)55)77-34-21(56)13(5-48)73-43(30(34)65)78-35-22(57)14(6-49)72-42(31(35)66)75-32-16(8-51)69-38(67)27(62)26(32)61/h9,11-44,46-51,53-67H,3-8H2,1-2H3,(H,45,52)/t9-,11+,12+,13+,14+,15+,16+,17+,18+,19-,20-,21-,22-,23-,24+,25-,26+,27+,28-,29+,30+,31+,32+,33+,34-,35-,36-,37+,38+,39-,40-,41+,42-,43+,44-/m0/s1. The summed E-state index contributed by atoms with van der Waals surface area (Å²) in [5.41, 5.74) is 0. The van der Waals surface area contributed by atoms with Crippen molar-refractivity contribution in [3.05, 3.63) is 0 Å². The predicted octanol–water partition coefficient (Wildman–Crippen LogP) is -15.1. The molecule has 22 N–H and O–H groups in total. The molecule has 36 nitrogen and oxygen atoms in total. The van der Waals surface area contributed by atoms with Crippen molar-refractivity contribution in [1.29, 1.82) is 0 Å². The van der Waals surface area contributed by atoms with Crippen molar-refractivity contribution in [2.24, 2.45) is 0 Å². The molecule has 0 radical (unpaired) electrons. The van der Waals surface area contributed by atoms with Crippen molar-refractivity contribution in [1.82, 2.24) is 5.32 Å². The van der Waals surface area contributed by atoms with Gasteiger partial charge in [0.05, 0.1) is 45.7 Å². The molecule has 0 bridgehead atoms. The van der Waals surface area contributed by atoms with Gasteiger partial charge in [0.25, 0.3) is 0 Å². The maximum Gasteiger partial charge on any atom is 0.217 e. The quantitative estimate of drug-likeness (QED) is 0.0571. The van der Waals surface area contributed by atoms with Gasteiger partial charge in [-0.25, -0.2) is 0 Å². The van der Waals surface area contributed by atoms with Gasteiger partial charge in [-0.3, -0.25) is 4.79 Å². The average molecular weight is 1180 g/mol. The Morgan fingerprint density at radius 2 is 0.675 bits per heavy atom. The van der Waals surface area contributed by atoms with Gasteiger partial charge in [0.1, 0.15) is 165 Å². The first-order valence-corrected chi connectivity index (χ1v) is 25.5. The molecule has 7 aliphatic heterocycles. The lowest BCUT2D eigenvalue weighted by Gasteiger charge is -2.51. The summed E-state index contributed by atoms with van der Waals surface area (Å²) in [7, 11) is 0. The third-order valence-corrected chi connectivity index (χ3v) is 14.9. The van der Waals surface area contributed by atoms with Crippen LogP contribution in [0.1, 0.15) is 13.8 Å². The van der Waals surface area contributed by atoms with Crippen LogP contribution in [0.5, 0.6) is 0 Å². The molecule has 0 spiro atoms. The number of aliphatic hydroxyl groups is 21. The maximum atomic E-state index is 13.0. The molecule has 0 unspecified atom stereocenters. The topological polar surface area (TPSA) is 574 Å². The van der Waals surface area contributed by atoms with Crippen LogP contribution in [0, 0.1) is 0 Å². The molecule has 7 heterocycles. The first-order valence-electron chi connectivity index (χ1n) is 25.5. The van der Waals surface area contributed by atoms with E-state index in [9.17, 15) is 112 Å². The molecular weight excluding hydrogens is 1100 g/mol. The summed E-state index contributed by atoms with van der Waals surface area (Å²) in [5.74, 6) is -0.941. The van der Waals surface area contributed by atoms with Gasteiger partial charge in [-0.05, 0) is 6.92 Å². The van der Waals surface area contributed by atoms with Crippen LogP contribution in [0.3, 0.4) is 0 Å². The van der Waals surface area contributed by atoms with E-state index in [1.165, 1.54) is 6.92 Å². The van der Waals surface area contributed by atoms with Crippen LogP contribution in [-0.4, -0.2) is 368 Å². The predicted molar refractivity (Wildman–Crippen MR) is 242 cm³/mol. The zero-order valence-corrected chi connectivity index (χ0v) is 42.6. The van der Waals surface area contributed by atoms with Gasteiger partial charge in [-0.2, -0.15) is 0 Å². The molecule has 0 aromatic rings. The highest BCUT2D eigenvalue weighted by atomic mass is 16.8. The molecule has 36 heteroatoms. The molecule has 0 aromatic heterocycles. The molecule has 80 heavy (non-hydrogen) atoms. The van der Waals surface area contributed by atoms with Crippen molar-refractivity contribution in [3.63, 3.8) is 0 Å². The van der Waals surface area contributed by atoms with Crippen LogP contribution in [0.25, 0.3) is 0 Å². The molecule has 7 fully saturated rings. The van der Waals surface area contributed by atoms with E-state index in [1.807, 2.05) is 0 Å². The molecule has 466 valence electrons. The fourth-order valence-electron chi connectivity index (χ4n) is 10.3. The highest BCUT2D eigenvalue weighted by Crippen LogP contribution is 2.39. The molecule has 35 atom stereocenters. The largest absolute Gasteiger partial charge is 0.394 e. The van der Waals surface area contributed by atoms with Crippen molar-refractivity contribution in [2.45, 2.75) is 229 Å². The van der Waals surface area contributed by atoms with E-state index >= 15 is 0 Å². The van der Waals surface area contributed by atoms with Gasteiger partial charge in [0, 0.05) is 6.92 Å². The normalized spacial score (nSPS) is 52.4. The summed E-state index contributed by atoms with van der Waals surface area (Å²) < 4.78 is 74.9. The molecule has 0 saturated carbocycles. The van der Waals surface area contributed by atoms with Gasteiger partial charge in [0.15, 0.2) is 44.0 Å². The van der Waals surface area contributed by atoms with Crippen LogP contribution >= 0.6 is 0 Å². The number of hydrogen-bond acceptors (Lipinski definition) is 35. The first-order chi connectivity index (χ1) is 37.8. The van der Waals surface area contributed by atoms with Crippen LogP contribution in [0.2, 0.25) is 0 Å². The molecule has 0 aromatic carbocycles. The zero-order valence-electron chi connectivity index (χ0n) is 42.6. The highest BCUT2D eigenvalue weighted by molar-refractivity contribution is 5.73. The summed E-state index contributed by atoms with van der Waals surface area (Å²) in [4.78, 5) is 13.0. The highest BCUT2D eigenvalue weighted by Gasteiger charge is 2.59. The number of amides is 1. The van der Waals surface area contributed by atoms with Gasteiger partial charge < -0.3 is 174 Å². The number of aliphatic hydroxyl groups excluding tert-OH is 21. The second kappa shape index (κ2) is 28.1. The van der Waals surface area contributed by atoms with Gasteiger partial charge in [0.2, 0.25) is 5.91 Å². The Hall–Kier alpha value is -1.89. The number of ether oxygens (including phenoxy) is 13. The lowest BCUT2D eigenvalue weighted by molar-refractivity contribution is -0.405. The van der Waals surface area contributed by atoms with E-state index < -0.39 is 260 Å². The number of carbonyl (C=O) groups is 1. The monoisotopic (exact) mass is 1180 g/mol. The fraction of sp³-hybridized carbons (Fsp3) is 0.977. The van der Waals surface area contributed by atoms with Crippen LogP contribution in [-0.2, 0) is 66.4 Å². The molecule has 1 amide bonds. The van der Waals surface area contributed by atoms with Crippen LogP contribution < -0.4 is 5.32 Å². The Balaban J connectivity index is 1.19. The van der Waals surface area contributed by atoms with Crippen molar-refractivity contribution >= 4 is 5.91 Å². The molecule has 7 saturated heterocycles. The third kappa shape index (κ3) is 13.5. The van der Waals surface area contributed by atoms with Gasteiger partial charge in [-0.1, -0.05) is 0 Å². The lowest BCUT2D eigenvalue weighted by atomic mass is 9.93. The summed E-state index contributed by atoms with van der Waals surface area (Å²) in [6.45, 7) is -3.96. The third-order valence-electron chi connectivity index (χ3n) is 14.9. The van der Waals surface area contributed by atoms with Crippen molar-refractivity contribution in [2.75, 3.05) is 39.6 Å². The SMILES string of the molecule is CC(=O)N[C@H]1[C@H](O[C@H]2[C@@H](O)[C@@H](CO)O[C@H](O[C@H]3[C@@H](O)[C@@H](CO)O[C@@H](O[C@H]4[C@H](O)[C@@H](O)[C@H](O)O[C@@H]4CO)[C@@H]3O)[C@@H]2O)O[C@H](CO)[C@H](O)[C@@H]1O[C@@H]1O[C@H](CO)[C@H](O)[C@H](O[C@H]2O[C@H](CO)[C@H](O)[C@H](O)[C@H]2O)[C@H]1O[C@@H]1O[C@@H](C)[C@@H](O)[C@@H](O)[C@@H]1O. The van der Waals surface area contributed by atoms with E-state index in [2.05, 4.69) is 5.32 Å². The zero-order chi connectivity index (χ0) is 58.9. The molecule has 0 aliphatic carbocycles. The summed E-state index contributed by atoms with van der Waals surface area (Å²) in [6.07, 6.45) is -67.3. The summed E-state index contributed by atoms with van der Waals surface area (Å²) in [6, 6.07) is -1.93. The van der Waals surface area contributed by atoms with E-state index in [-0.39, 0.29) is 0 Å². The Morgan fingerprint density at radius 3 is 1.16 bits per heavy atom. The summed E-state index contributed by atoms with van der Waals surface area (Å²) in [5, 5.41) is 228. The fourth-order valence-corrected chi connectivity index (χ4v) is 10.3. The molecular formula is C44H75NO35. The Bertz CT molecular complexity index is 1920. The van der Waals surface area contributed by atoms with E-state index in [0.29, 0.717) is 0 Å². The van der Waals surface area contributed by atoms with Crippen LogP contribution in [0.4, 0.5) is 0 Å². The van der Waals surface area contributed by atoms with E-state index in [1.54, 1.807) is 0 Å². The van der Waals surface area contributed by atoms with Gasteiger partial charge >= 0.3 is 0 Å².